The number of halogens is 5. The SMILES string of the molecule is O=C(c1ccccc1OC(F)(F)F)C(F)F. The zero-order valence-corrected chi connectivity index (χ0v) is 7.59. The molecule has 0 aliphatic carbocycles. The number of carbonyl (C=O) groups excluding carboxylic acids is 1. The van der Waals surface area contributed by atoms with Crippen LogP contribution in [0.5, 0.6) is 5.75 Å². The van der Waals surface area contributed by atoms with E-state index < -0.39 is 29.9 Å². The van der Waals surface area contributed by atoms with Crippen LogP contribution in [0.4, 0.5) is 22.0 Å². The Labute approximate surface area is 86.6 Å². The predicted molar refractivity (Wildman–Crippen MR) is 43.5 cm³/mol. The molecule has 0 aliphatic heterocycles. The lowest BCUT2D eigenvalue weighted by atomic mass is 10.1. The van der Waals surface area contributed by atoms with Gasteiger partial charge in [-0.1, -0.05) is 12.1 Å². The summed E-state index contributed by atoms with van der Waals surface area (Å²) < 4.78 is 63.1. The summed E-state index contributed by atoms with van der Waals surface area (Å²) in [6.45, 7) is 0. The van der Waals surface area contributed by atoms with E-state index in [1.165, 1.54) is 6.07 Å². The molecule has 0 atom stereocenters. The van der Waals surface area contributed by atoms with Crippen molar-refractivity contribution in [1.82, 2.24) is 0 Å². The van der Waals surface area contributed by atoms with E-state index in [9.17, 15) is 26.7 Å². The van der Waals surface area contributed by atoms with Crippen molar-refractivity contribution < 1.29 is 31.5 Å². The zero-order valence-electron chi connectivity index (χ0n) is 7.59. The lowest BCUT2D eigenvalue weighted by Crippen LogP contribution is -2.20. The lowest BCUT2D eigenvalue weighted by Gasteiger charge is -2.11. The van der Waals surface area contributed by atoms with Gasteiger partial charge in [-0.3, -0.25) is 4.79 Å². The number of ether oxygens (including phenoxy) is 1. The average Bonchev–Trinajstić information content (AvgIpc) is 2.15. The summed E-state index contributed by atoms with van der Waals surface area (Å²) in [5.41, 5.74) is -0.796. The minimum absolute atomic E-state index is 0.795. The third-order valence-electron chi connectivity index (χ3n) is 1.58. The molecule has 0 spiro atoms. The Balaban J connectivity index is 3.06. The largest absolute Gasteiger partial charge is 0.573 e. The number of para-hydroxylation sites is 1. The van der Waals surface area contributed by atoms with Gasteiger partial charge in [0.2, 0.25) is 5.78 Å². The first-order valence-electron chi connectivity index (χ1n) is 3.98. The summed E-state index contributed by atoms with van der Waals surface area (Å²) in [5, 5.41) is 0. The second-order valence-corrected chi connectivity index (χ2v) is 2.71. The fourth-order valence-electron chi connectivity index (χ4n) is 1.00. The van der Waals surface area contributed by atoms with E-state index in [0.717, 1.165) is 18.2 Å². The van der Waals surface area contributed by atoms with Crippen LogP contribution in [0, 0.1) is 0 Å². The van der Waals surface area contributed by atoms with Gasteiger partial charge in [0.15, 0.2) is 0 Å². The van der Waals surface area contributed by atoms with E-state index in [1.54, 1.807) is 0 Å². The minimum atomic E-state index is -5.03. The Bertz CT molecular complexity index is 386. The molecule has 0 N–H and O–H groups in total. The smallest absolute Gasteiger partial charge is 0.405 e. The lowest BCUT2D eigenvalue weighted by molar-refractivity contribution is -0.274. The van der Waals surface area contributed by atoms with Crippen LogP contribution in [0.15, 0.2) is 24.3 Å². The molecule has 0 saturated heterocycles. The summed E-state index contributed by atoms with van der Waals surface area (Å²) in [6.07, 6.45) is -8.41. The quantitative estimate of drug-likeness (QED) is 0.599. The molecule has 1 aromatic rings. The normalized spacial score (nSPS) is 11.6. The van der Waals surface area contributed by atoms with Gasteiger partial charge in [0.25, 0.3) is 0 Å². The summed E-state index contributed by atoms with van der Waals surface area (Å²) in [5.74, 6) is -2.64. The number of benzene rings is 1. The first-order valence-corrected chi connectivity index (χ1v) is 3.98. The molecule has 7 heteroatoms. The molecule has 0 aliphatic rings. The number of carbonyl (C=O) groups is 1. The predicted octanol–water partition coefficient (Wildman–Crippen LogP) is 3.03. The molecule has 0 saturated carbocycles. The van der Waals surface area contributed by atoms with E-state index in [2.05, 4.69) is 4.74 Å². The van der Waals surface area contributed by atoms with Crippen LogP contribution in [-0.2, 0) is 0 Å². The molecule has 0 aromatic heterocycles. The highest BCUT2D eigenvalue weighted by atomic mass is 19.4. The number of ketones is 1. The van der Waals surface area contributed by atoms with Gasteiger partial charge in [-0.25, -0.2) is 8.78 Å². The van der Waals surface area contributed by atoms with Crippen molar-refractivity contribution in [3.8, 4) is 5.75 Å². The van der Waals surface area contributed by atoms with Gasteiger partial charge < -0.3 is 4.74 Å². The minimum Gasteiger partial charge on any atom is -0.405 e. The monoisotopic (exact) mass is 240 g/mol. The number of Topliss-reactive ketones (excluding diaryl/α,β-unsaturated/α-hetero) is 1. The fourth-order valence-corrected chi connectivity index (χ4v) is 1.00. The molecule has 0 unspecified atom stereocenters. The number of hydrogen-bond acceptors (Lipinski definition) is 2. The van der Waals surface area contributed by atoms with Crippen LogP contribution >= 0.6 is 0 Å². The van der Waals surface area contributed by atoms with Gasteiger partial charge >= 0.3 is 12.8 Å². The standard InChI is InChI=1S/C9H5F5O2/c10-8(11)7(15)5-3-1-2-4-6(5)16-9(12,13)14/h1-4,8H. The summed E-state index contributed by atoms with van der Waals surface area (Å²) >= 11 is 0. The molecule has 0 fully saturated rings. The highest BCUT2D eigenvalue weighted by molar-refractivity contribution is 6.00. The number of rotatable bonds is 3. The first-order chi connectivity index (χ1) is 7.31. The Morgan fingerprint density at radius 1 is 1.19 bits per heavy atom. The highest BCUT2D eigenvalue weighted by Crippen LogP contribution is 2.27. The second kappa shape index (κ2) is 4.46. The van der Waals surface area contributed by atoms with Crippen molar-refractivity contribution in [3.05, 3.63) is 29.8 Å². The van der Waals surface area contributed by atoms with Gasteiger partial charge in [0.05, 0.1) is 5.56 Å². The molecular weight excluding hydrogens is 235 g/mol. The molecule has 0 amide bonds. The Morgan fingerprint density at radius 2 is 1.75 bits per heavy atom. The summed E-state index contributed by atoms with van der Waals surface area (Å²) in [7, 11) is 0. The van der Waals surface area contributed by atoms with E-state index in [1.807, 2.05) is 0 Å². The van der Waals surface area contributed by atoms with E-state index in [-0.39, 0.29) is 0 Å². The van der Waals surface area contributed by atoms with Crippen LogP contribution in [0.2, 0.25) is 0 Å². The molecule has 1 aromatic carbocycles. The van der Waals surface area contributed by atoms with Gasteiger partial charge in [-0.2, -0.15) is 0 Å². The molecule has 88 valence electrons. The third kappa shape index (κ3) is 3.18. The van der Waals surface area contributed by atoms with Crippen molar-refractivity contribution in [3.63, 3.8) is 0 Å². The Morgan fingerprint density at radius 3 is 2.25 bits per heavy atom. The van der Waals surface area contributed by atoms with E-state index >= 15 is 0 Å². The van der Waals surface area contributed by atoms with Gasteiger partial charge in [0.1, 0.15) is 5.75 Å². The fraction of sp³-hybridized carbons (Fsp3) is 0.222. The maximum Gasteiger partial charge on any atom is 0.573 e. The molecule has 0 heterocycles. The zero-order chi connectivity index (χ0) is 12.3. The van der Waals surface area contributed by atoms with Crippen molar-refractivity contribution in [2.45, 2.75) is 12.8 Å². The molecule has 16 heavy (non-hydrogen) atoms. The summed E-state index contributed by atoms with van der Waals surface area (Å²) in [6, 6.07) is 3.95. The molecular formula is C9H5F5O2. The van der Waals surface area contributed by atoms with E-state index in [4.69, 9.17) is 0 Å². The Hall–Kier alpha value is -1.66. The van der Waals surface area contributed by atoms with Gasteiger partial charge in [-0.05, 0) is 12.1 Å². The molecule has 2 nitrogen and oxygen atoms in total. The maximum absolute atomic E-state index is 12.0. The number of alkyl halides is 5. The van der Waals surface area contributed by atoms with Crippen LogP contribution in [0.1, 0.15) is 10.4 Å². The van der Waals surface area contributed by atoms with Crippen LogP contribution in [-0.4, -0.2) is 18.6 Å². The van der Waals surface area contributed by atoms with Crippen molar-refractivity contribution in [2.24, 2.45) is 0 Å². The number of hydrogen-bond donors (Lipinski definition) is 0. The van der Waals surface area contributed by atoms with Gasteiger partial charge in [-0.15, -0.1) is 13.2 Å². The van der Waals surface area contributed by atoms with Crippen molar-refractivity contribution >= 4 is 5.78 Å². The Kier molecular flexibility index (Phi) is 3.46. The molecule has 0 radical (unpaired) electrons. The van der Waals surface area contributed by atoms with Crippen molar-refractivity contribution in [1.29, 1.82) is 0 Å². The topological polar surface area (TPSA) is 26.3 Å². The average molecular weight is 240 g/mol. The maximum atomic E-state index is 12.0. The third-order valence-corrected chi connectivity index (χ3v) is 1.58. The molecule has 0 bridgehead atoms. The van der Waals surface area contributed by atoms with Crippen LogP contribution in [0.25, 0.3) is 0 Å². The second-order valence-electron chi connectivity index (χ2n) is 2.71. The van der Waals surface area contributed by atoms with E-state index in [0.29, 0.717) is 0 Å². The van der Waals surface area contributed by atoms with Crippen LogP contribution < -0.4 is 4.74 Å². The highest BCUT2D eigenvalue weighted by Gasteiger charge is 2.33. The molecule has 1 rings (SSSR count). The van der Waals surface area contributed by atoms with Crippen LogP contribution in [0.3, 0.4) is 0 Å². The first kappa shape index (κ1) is 12.4. The van der Waals surface area contributed by atoms with Gasteiger partial charge in [0, 0.05) is 0 Å². The summed E-state index contributed by atoms with van der Waals surface area (Å²) in [4.78, 5) is 10.9. The van der Waals surface area contributed by atoms with Crippen molar-refractivity contribution in [2.75, 3.05) is 0 Å².